The summed E-state index contributed by atoms with van der Waals surface area (Å²) in [6.45, 7) is 2.50. The van der Waals surface area contributed by atoms with Crippen LogP contribution in [0.3, 0.4) is 0 Å². The van der Waals surface area contributed by atoms with Crippen molar-refractivity contribution in [2.75, 3.05) is 6.54 Å². The molecule has 2 N–H and O–H groups in total. The highest BCUT2D eigenvalue weighted by atomic mass is 16.2. The van der Waals surface area contributed by atoms with Gasteiger partial charge in [0, 0.05) is 19.0 Å². The maximum absolute atomic E-state index is 12.0. The van der Waals surface area contributed by atoms with E-state index >= 15 is 0 Å². The fraction of sp³-hybridized carbons (Fsp3) is 0.800. The summed E-state index contributed by atoms with van der Waals surface area (Å²) in [5, 5.41) is 6.53. The predicted molar refractivity (Wildman–Crippen MR) is 73.0 cm³/mol. The van der Waals surface area contributed by atoms with Crippen molar-refractivity contribution < 1.29 is 4.79 Å². The van der Waals surface area contributed by atoms with Gasteiger partial charge in [-0.15, -0.1) is 11.8 Å². The third-order valence-corrected chi connectivity index (χ3v) is 4.19. The van der Waals surface area contributed by atoms with Crippen molar-refractivity contribution in [1.29, 1.82) is 0 Å². The van der Waals surface area contributed by atoms with E-state index in [-0.39, 0.29) is 11.9 Å². The monoisotopic (exact) mass is 248 g/mol. The highest BCUT2D eigenvalue weighted by Gasteiger charge is 2.34. The first-order chi connectivity index (χ1) is 8.81. The summed E-state index contributed by atoms with van der Waals surface area (Å²) in [5.41, 5.74) is 0. The Morgan fingerprint density at radius 2 is 2.11 bits per heavy atom. The molecule has 1 aliphatic heterocycles. The highest BCUT2D eigenvalue weighted by molar-refractivity contribution is 5.81. The van der Waals surface area contributed by atoms with E-state index in [1.54, 1.807) is 0 Å². The van der Waals surface area contributed by atoms with Gasteiger partial charge in [0.25, 0.3) is 0 Å². The van der Waals surface area contributed by atoms with Gasteiger partial charge in [-0.1, -0.05) is 12.8 Å². The zero-order chi connectivity index (χ0) is 12.8. The third-order valence-electron chi connectivity index (χ3n) is 4.19. The molecule has 0 aromatic rings. The van der Waals surface area contributed by atoms with Crippen LogP contribution in [0.15, 0.2) is 0 Å². The van der Waals surface area contributed by atoms with Gasteiger partial charge in [-0.05, 0) is 38.5 Å². The Hall–Kier alpha value is -1.01. The lowest BCUT2D eigenvalue weighted by Crippen LogP contribution is -2.55. The summed E-state index contributed by atoms with van der Waals surface area (Å²) < 4.78 is 0. The van der Waals surface area contributed by atoms with Crippen LogP contribution < -0.4 is 10.6 Å². The van der Waals surface area contributed by atoms with Crippen molar-refractivity contribution in [3.05, 3.63) is 0 Å². The molecule has 3 unspecified atom stereocenters. The van der Waals surface area contributed by atoms with Crippen molar-refractivity contribution >= 4 is 5.91 Å². The predicted octanol–water partition coefficient (Wildman–Crippen LogP) is 1.83. The Balaban J connectivity index is 1.75. The Bertz CT molecular complexity index is 342. The molecule has 0 radical (unpaired) electrons. The van der Waals surface area contributed by atoms with Crippen LogP contribution in [0.4, 0.5) is 0 Å². The van der Waals surface area contributed by atoms with Crippen molar-refractivity contribution in [3.8, 4) is 11.8 Å². The summed E-state index contributed by atoms with van der Waals surface area (Å²) in [6.07, 6.45) is 8.23. The molecule has 1 heterocycles. The molecule has 0 bridgehead atoms. The van der Waals surface area contributed by atoms with E-state index in [1.807, 2.05) is 6.92 Å². The second-order valence-electron chi connectivity index (χ2n) is 5.42. The van der Waals surface area contributed by atoms with Gasteiger partial charge in [-0.25, -0.2) is 0 Å². The fourth-order valence-electron chi connectivity index (χ4n) is 3.20. The van der Waals surface area contributed by atoms with E-state index in [2.05, 4.69) is 22.5 Å². The van der Waals surface area contributed by atoms with E-state index < -0.39 is 0 Å². The largest absolute Gasteiger partial charge is 0.354 e. The van der Waals surface area contributed by atoms with Gasteiger partial charge in [0.15, 0.2) is 0 Å². The minimum Gasteiger partial charge on any atom is -0.354 e. The molecule has 3 heteroatoms. The second-order valence-corrected chi connectivity index (χ2v) is 5.42. The Kier molecular flexibility index (Phi) is 5.07. The summed E-state index contributed by atoms with van der Waals surface area (Å²) in [7, 11) is 0. The van der Waals surface area contributed by atoms with Crippen LogP contribution in [0.25, 0.3) is 0 Å². The van der Waals surface area contributed by atoms with Gasteiger partial charge < -0.3 is 10.6 Å². The quantitative estimate of drug-likeness (QED) is 0.591. The van der Waals surface area contributed by atoms with Gasteiger partial charge in [-0.3, -0.25) is 4.79 Å². The molecule has 18 heavy (non-hydrogen) atoms. The van der Waals surface area contributed by atoms with Crippen LogP contribution in [0.2, 0.25) is 0 Å². The van der Waals surface area contributed by atoms with Gasteiger partial charge >= 0.3 is 0 Å². The van der Waals surface area contributed by atoms with Crippen LogP contribution in [-0.2, 0) is 4.79 Å². The Morgan fingerprint density at radius 1 is 1.28 bits per heavy atom. The molecule has 1 amide bonds. The molecule has 0 aromatic carbocycles. The standard InChI is InChI=1S/C15H24N2O/c1-2-3-6-11-16-15(18)14-10-9-12-7-4-5-8-13(12)17-14/h12-14,17H,4-11H2,1H3,(H,16,18). The topological polar surface area (TPSA) is 41.1 Å². The summed E-state index contributed by atoms with van der Waals surface area (Å²) in [5.74, 6) is 6.79. The summed E-state index contributed by atoms with van der Waals surface area (Å²) in [4.78, 5) is 12.0. The zero-order valence-electron chi connectivity index (χ0n) is 11.3. The van der Waals surface area contributed by atoms with Crippen LogP contribution in [0.5, 0.6) is 0 Å². The Morgan fingerprint density at radius 3 is 2.94 bits per heavy atom. The SMILES string of the molecule is CC#CCCNC(=O)C1CCC2CCCCC2N1. The van der Waals surface area contributed by atoms with Crippen LogP contribution >= 0.6 is 0 Å². The van der Waals surface area contributed by atoms with Gasteiger partial charge in [0.2, 0.25) is 5.91 Å². The molecule has 1 aliphatic carbocycles. The minimum atomic E-state index is 0.0268. The molecule has 2 aliphatic rings. The fourth-order valence-corrected chi connectivity index (χ4v) is 3.20. The normalized spacial score (nSPS) is 30.8. The number of fused-ring (bicyclic) bond motifs is 1. The molecule has 1 saturated heterocycles. The van der Waals surface area contributed by atoms with E-state index in [0.717, 1.165) is 18.8 Å². The molecule has 3 nitrogen and oxygen atoms in total. The average Bonchev–Trinajstić information content (AvgIpc) is 2.43. The zero-order valence-corrected chi connectivity index (χ0v) is 11.3. The minimum absolute atomic E-state index is 0.0268. The highest BCUT2D eigenvalue weighted by Crippen LogP contribution is 2.32. The van der Waals surface area contributed by atoms with Crippen LogP contribution in [-0.4, -0.2) is 24.5 Å². The average molecular weight is 248 g/mol. The van der Waals surface area contributed by atoms with Crippen molar-refractivity contribution in [2.24, 2.45) is 5.92 Å². The summed E-state index contributed by atoms with van der Waals surface area (Å²) >= 11 is 0. The number of carbonyl (C=O) groups is 1. The van der Waals surface area contributed by atoms with Crippen molar-refractivity contribution in [1.82, 2.24) is 10.6 Å². The van der Waals surface area contributed by atoms with E-state index in [4.69, 9.17) is 0 Å². The number of amides is 1. The van der Waals surface area contributed by atoms with Gasteiger partial charge in [-0.2, -0.15) is 0 Å². The van der Waals surface area contributed by atoms with E-state index in [9.17, 15) is 4.79 Å². The second kappa shape index (κ2) is 6.80. The number of carbonyl (C=O) groups excluding carboxylic acids is 1. The Labute approximate surface area is 110 Å². The summed E-state index contributed by atoms with van der Waals surface area (Å²) in [6, 6.07) is 0.609. The maximum Gasteiger partial charge on any atom is 0.237 e. The lowest BCUT2D eigenvalue weighted by atomic mass is 9.77. The molecule has 1 saturated carbocycles. The van der Waals surface area contributed by atoms with Crippen LogP contribution in [0.1, 0.15) is 51.9 Å². The maximum atomic E-state index is 12.0. The lowest BCUT2D eigenvalue weighted by molar-refractivity contribution is -0.124. The smallest absolute Gasteiger partial charge is 0.237 e. The number of hydrogen-bond acceptors (Lipinski definition) is 2. The molecule has 3 atom stereocenters. The van der Waals surface area contributed by atoms with Gasteiger partial charge in [0.1, 0.15) is 0 Å². The molecule has 2 fully saturated rings. The first-order valence-corrected chi connectivity index (χ1v) is 7.24. The third kappa shape index (κ3) is 3.49. The van der Waals surface area contributed by atoms with Crippen molar-refractivity contribution in [3.63, 3.8) is 0 Å². The number of piperidine rings is 1. The molecule has 0 aromatic heterocycles. The van der Waals surface area contributed by atoms with E-state index in [1.165, 1.54) is 32.1 Å². The molecule has 100 valence electrons. The lowest BCUT2D eigenvalue weighted by Gasteiger charge is -2.39. The van der Waals surface area contributed by atoms with Crippen molar-refractivity contribution in [2.45, 2.75) is 64.0 Å². The van der Waals surface area contributed by atoms with Crippen LogP contribution in [0, 0.1) is 17.8 Å². The number of hydrogen-bond donors (Lipinski definition) is 2. The molecular weight excluding hydrogens is 224 g/mol. The van der Waals surface area contributed by atoms with Gasteiger partial charge in [0.05, 0.1) is 6.04 Å². The molecular formula is C15H24N2O. The first kappa shape index (κ1) is 13.4. The van der Waals surface area contributed by atoms with E-state index in [0.29, 0.717) is 12.6 Å². The number of nitrogens with one attached hydrogen (secondary N) is 2. The molecule has 2 rings (SSSR count). The number of rotatable bonds is 3. The molecule has 0 spiro atoms. The first-order valence-electron chi connectivity index (χ1n) is 7.24.